The second-order valence-electron chi connectivity index (χ2n) is 4.88. The quantitative estimate of drug-likeness (QED) is 0.798. The molecule has 0 aliphatic rings. The summed E-state index contributed by atoms with van der Waals surface area (Å²) >= 11 is 0. The van der Waals surface area contributed by atoms with Crippen molar-refractivity contribution in [1.29, 1.82) is 0 Å². The van der Waals surface area contributed by atoms with Crippen LogP contribution in [0.4, 0.5) is 24.5 Å². The van der Waals surface area contributed by atoms with Crippen molar-refractivity contribution in [1.82, 2.24) is 20.0 Å². The zero-order valence-corrected chi connectivity index (χ0v) is 12.2. The molecule has 0 aliphatic carbocycles. The van der Waals surface area contributed by atoms with E-state index >= 15 is 0 Å². The van der Waals surface area contributed by atoms with Crippen LogP contribution in [0.25, 0.3) is 11.6 Å². The molecule has 1 aromatic carbocycles. The van der Waals surface area contributed by atoms with Crippen LogP contribution in [0.15, 0.2) is 35.1 Å². The summed E-state index contributed by atoms with van der Waals surface area (Å²) in [5.74, 6) is 0.225. The number of hydrogen-bond donors (Lipinski definition) is 1. The Morgan fingerprint density at radius 2 is 1.87 bits per heavy atom. The Balaban J connectivity index is 1.94. The third-order valence-corrected chi connectivity index (χ3v) is 3.38. The smallest absolute Gasteiger partial charge is 0.416 e. The predicted octanol–water partition coefficient (Wildman–Crippen LogP) is 3.54. The number of nitrogens with zero attached hydrogens (tertiary/aromatic N) is 4. The van der Waals surface area contributed by atoms with Crippen molar-refractivity contribution in [2.45, 2.75) is 13.1 Å². The first-order chi connectivity index (χ1) is 10.9. The van der Waals surface area contributed by atoms with Gasteiger partial charge in [-0.2, -0.15) is 18.3 Å². The molecule has 0 atom stereocenters. The maximum atomic E-state index is 12.6. The summed E-state index contributed by atoms with van der Waals surface area (Å²) in [6.45, 7) is 1.82. The van der Waals surface area contributed by atoms with Crippen molar-refractivity contribution in [3.63, 3.8) is 0 Å². The van der Waals surface area contributed by atoms with Gasteiger partial charge in [0.25, 0.3) is 5.89 Å². The second-order valence-corrected chi connectivity index (χ2v) is 4.88. The van der Waals surface area contributed by atoms with Crippen molar-refractivity contribution in [2.24, 2.45) is 7.05 Å². The highest BCUT2D eigenvalue weighted by Crippen LogP contribution is 2.33. The van der Waals surface area contributed by atoms with E-state index < -0.39 is 11.7 Å². The van der Waals surface area contributed by atoms with Gasteiger partial charge in [-0.1, -0.05) is 0 Å². The summed E-state index contributed by atoms with van der Waals surface area (Å²) < 4.78 is 44.6. The highest BCUT2D eigenvalue weighted by molar-refractivity contribution is 5.76. The van der Waals surface area contributed by atoms with Crippen LogP contribution < -0.4 is 5.32 Å². The standard InChI is InChI=1S/C14H12F3N5O/c1-8-11(12(21-22(8)2)13-20-18-7-23-13)19-10-5-3-9(4-6-10)14(15,16)17/h3-7,19H,1-2H3. The maximum Gasteiger partial charge on any atom is 0.416 e. The Labute approximate surface area is 128 Å². The summed E-state index contributed by atoms with van der Waals surface area (Å²) in [5.41, 5.74) is 1.59. The summed E-state index contributed by atoms with van der Waals surface area (Å²) in [4.78, 5) is 0. The van der Waals surface area contributed by atoms with Crippen LogP contribution in [0, 0.1) is 6.92 Å². The fourth-order valence-electron chi connectivity index (χ4n) is 2.07. The average molecular weight is 323 g/mol. The van der Waals surface area contributed by atoms with Gasteiger partial charge in [0.2, 0.25) is 6.39 Å². The number of aryl methyl sites for hydroxylation is 1. The number of nitrogens with one attached hydrogen (secondary N) is 1. The summed E-state index contributed by atoms with van der Waals surface area (Å²) in [6.07, 6.45) is -3.18. The molecule has 6 nitrogen and oxygen atoms in total. The van der Waals surface area contributed by atoms with Gasteiger partial charge < -0.3 is 9.73 Å². The van der Waals surface area contributed by atoms with E-state index in [1.807, 2.05) is 6.92 Å². The highest BCUT2D eigenvalue weighted by atomic mass is 19.4. The molecule has 0 bridgehead atoms. The number of anilines is 2. The van der Waals surface area contributed by atoms with Crippen molar-refractivity contribution >= 4 is 11.4 Å². The van der Waals surface area contributed by atoms with Gasteiger partial charge in [-0.3, -0.25) is 4.68 Å². The van der Waals surface area contributed by atoms with Crippen LogP contribution in [-0.4, -0.2) is 20.0 Å². The Morgan fingerprint density at radius 3 is 2.43 bits per heavy atom. The Bertz CT molecular complexity index is 806. The molecule has 120 valence electrons. The third kappa shape index (κ3) is 2.89. The lowest BCUT2D eigenvalue weighted by atomic mass is 10.2. The van der Waals surface area contributed by atoms with Crippen molar-refractivity contribution in [2.75, 3.05) is 5.32 Å². The maximum absolute atomic E-state index is 12.6. The molecule has 2 heterocycles. The summed E-state index contributed by atoms with van der Waals surface area (Å²) in [5, 5.41) is 14.7. The monoisotopic (exact) mass is 323 g/mol. The van der Waals surface area contributed by atoms with Gasteiger partial charge in [-0.05, 0) is 31.2 Å². The average Bonchev–Trinajstić information content (AvgIpc) is 3.11. The fraction of sp³-hybridized carbons (Fsp3) is 0.214. The Kier molecular flexibility index (Phi) is 3.55. The number of halogens is 3. The van der Waals surface area contributed by atoms with Gasteiger partial charge in [0, 0.05) is 12.7 Å². The number of hydrogen-bond acceptors (Lipinski definition) is 5. The molecule has 0 unspecified atom stereocenters. The topological polar surface area (TPSA) is 68.8 Å². The van der Waals surface area contributed by atoms with E-state index in [9.17, 15) is 13.2 Å². The molecule has 3 aromatic rings. The Morgan fingerprint density at radius 1 is 1.17 bits per heavy atom. The minimum atomic E-state index is -4.36. The highest BCUT2D eigenvalue weighted by Gasteiger charge is 2.30. The minimum absolute atomic E-state index is 0.225. The van der Waals surface area contributed by atoms with Gasteiger partial charge in [-0.25, -0.2) is 0 Å². The lowest BCUT2D eigenvalue weighted by Gasteiger charge is -2.10. The minimum Gasteiger partial charge on any atom is -0.422 e. The molecule has 3 rings (SSSR count). The first-order valence-electron chi connectivity index (χ1n) is 6.60. The van der Waals surface area contributed by atoms with Crippen molar-refractivity contribution < 1.29 is 17.6 Å². The van der Waals surface area contributed by atoms with E-state index in [1.165, 1.54) is 18.5 Å². The summed E-state index contributed by atoms with van der Waals surface area (Å²) in [6, 6.07) is 4.74. The van der Waals surface area contributed by atoms with E-state index in [4.69, 9.17) is 4.42 Å². The van der Waals surface area contributed by atoms with E-state index in [0.717, 1.165) is 17.8 Å². The molecular weight excluding hydrogens is 311 g/mol. The third-order valence-electron chi connectivity index (χ3n) is 3.38. The Hall–Kier alpha value is -2.84. The number of rotatable bonds is 3. The first kappa shape index (κ1) is 15.1. The van der Waals surface area contributed by atoms with E-state index in [1.54, 1.807) is 11.7 Å². The van der Waals surface area contributed by atoms with Crippen LogP contribution in [0.1, 0.15) is 11.3 Å². The normalized spacial score (nSPS) is 11.7. The van der Waals surface area contributed by atoms with Gasteiger partial charge in [0.15, 0.2) is 5.69 Å². The number of alkyl halides is 3. The van der Waals surface area contributed by atoms with E-state index in [0.29, 0.717) is 17.1 Å². The van der Waals surface area contributed by atoms with Crippen molar-refractivity contribution in [3.05, 3.63) is 41.9 Å². The molecule has 0 fully saturated rings. The molecule has 0 spiro atoms. The van der Waals surface area contributed by atoms with Crippen LogP contribution in [0.3, 0.4) is 0 Å². The molecule has 23 heavy (non-hydrogen) atoms. The lowest BCUT2D eigenvalue weighted by Crippen LogP contribution is -2.04. The van der Waals surface area contributed by atoms with E-state index in [-0.39, 0.29) is 5.89 Å². The van der Waals surface area contributed by atoms with Gasteiger partial charge >= 0.3 is 6.18 Å². The largest absolute Gasteiger partial charge is 0.422 e. The number of benzene rings is 1. The second kappa shape index (κ2) is 5.41. The van der Waals surface area contributed by atoms with Gasteiger partial charge in [-0.15, -0.1) is 10.2 Å². The number of aromatic nitrogens is 4. The van der Waals surface area contributed by atoms with Crippen LogP contribution in [0.5, 0.6) is 0 Å². The summed E-state index contributed by atoms with van der Waals surface area (Å²) in [7, 11) is 1.74. The molecule has 0 radical (unpaired) electrons. The molecule has 1 N–H and O–H groups in total. The molecule has 0 amide bonds. The van der Waals surface area contributed by atoms with E-state index in [2.05, 4.69) is 20.6 Å². The lowest BCUT2D eigenvalue weighted by molar-refractivity contribution is -0.137. The van der Waals surface area contributed by atoms with Crippen LogP contribution >= 0.6 is 0 Å². The van der Waals surface area contributed by atoms with Gasteiger partial charge in [0.1, 0.15) is 0 Å². The molecule has 2 aromatic heterocycles. The molecule has 0 saturated carbocycles. The zero-order valence-electron chi connectivity index (χ0n) is 12.2. The predicted molar refractivity (Wildman–Crippen MR) is 76.0 cm³/mol. The van der Waals surface area contributed by atoms with Crippen molar-refractivity contribution in [3.8, 4) is 11.6 Å². The van der Waals surface area contributed by atoms with Crippen LogP contribution in [-0.2, 0) is 13.2 Å². The first-order valence-corrected chi connectivity index (χ1v) is 6.60. The fourth-order valence-corrected chi connectivity index (χ4v) is 2.07. The SMILES string of the molecule is Cc1c(Nc2ccc(C(F)(F)F)cc2)c(-c2nnco2)nn1C. The van der Waals surface area contributed by atoms with Gasteiger partial charge in [0.05, 0.1) is 16.9 Å². The molecule has 9 heteroatoms. The molecule has 0 saturated heterocycles. The molecular formula is C14H12F3N5O. The van der Waals surface area contributed by atoms with Crippen LogP contribution in [0.2, 0.25) is 0 Å². The zero-order chi connectivity index (χ0) is 16.6. The molecule has 0 aliphatic heterocycles.